The van der Waals surface area contributed by atoms with Crippen LogP contribution in [0.3, 0.4) is 0 Å². The van der Waals surface area contributed by atoms with Crippen molar-refractivity contribution in [1.29, 1.82) is 0 Å². The van der Waals surface area contributed by atoms with Gasteiger partial charge in [0, 0.05) is 42.8 Å². The molecule has 198 valence electrons. The lowest BCUT2D eigenvalue weighted by Crippen LogP contribution is -2.32. The molecule has 0 atom stereocenters. The van der Waals surface area contributed by atoms with Gasteiger partial charge in [0.15, 0.2) is 17.3 Å². The van der Waals surface area contributed by atoms with Crippen LogP contribution in [0.25, 0.3) is 27.6 Å². The Morgan fingerprint density at radius 1 is 1.18 bits per heavy atom. The molecule has 1 N–H and O–H groups in total. The third-order valence-electron chi connectivity index (χ3n) is 6.71. The molecule has 6 rings (SSSR count). The number of ether oxygens (including phenoxy) is 1. The van der Waals surface area contributed by atoms with Crippen LogP contribution in [0.15, 0.2) is 48.1 Å². The highest BCUT2D eigenvalue weighted by Gasteiger charge is 2.24. The molecule has 0 bridgehead atoms. The second kappa shape index (κ2) is 9.95. The van der Waals surface area contributed by atoms with Gasteiger partial charge in [0.1, 0.15) is 23.6 Å². The van der Waals surface area contributed by atoms with Gasteiger partial charge in [-0.1, -0.05) is 17.7 Å². The van der Waals surface area contributed by atoms with Crippen molar-refractivity contribution in [2.24, 2.45) is 4.99 Å². The van der Waals surface area contributed by atoms with E-state index in [1.807, 2.05) is 36.7 Å². The summed E-state index contributed by atoms with van der Waals surface area (Å²) in [5, 5.41) is 19.8. The highest BCUT2D eigenvalue weighted by molar-refractivity contribution is 6.32. The Balaban J connectivity index is 1.41. The third-order valence-corrected chi connectivity index (χ3v) is 7.01. The lowest BCUT2D eigenvalue weighted by Gasteiger charge is -2.14. The van der Waals surface area contributed by atoms with Crippen molar-refractivity contribution in [3.05, 3.63) is 59.4 Å². The van der Waals surface area contributed by atoms with Gasteiger partial charge in [-0.3, -0.25) is 19.3 Å². The molecule has 1 aliphatic heterocycles. The minimum atomic E-state index is -0.203. The first-order chi connectivity index (χ1) is 19.0. The molecule has 5 aromatic rings. The van der Waals surface area contributed by atoms with Crippen molar-refractivity contribution < 1.29 is 9.53 Å². The number of aromatic nitrogens is 7. The van der Waals surface area contributed by atoms with E-state index in [-0.39, 0.29) is 5.91 Å². The molecule has 0 saturated heterocycles. The van der Waals surface area contributed by atoms with Crippen molar-refractivity contribution in [3.8, 4) is 11.6 Å². The Bertz CT molecular complexity index is 1760. The summed E-state index contributed by atoms with van der Waals surface area (Å²) in [5.74, 6) is 2.17. The SMILES string of the molecule is CCn1ncc2c3c(NCc4ccc(OC)c(Cl)c4)nnc(-n4cnc(C(=O)N5CCN=C5C)c4)c3cnc21. The Hall–Kier alpha value is -4.58. The molecule has 0 radical (unpaired) electrons. The minimum Gasteiger partial charge on any atom is -0.495 e. The van der Waals surface area contributed by atoms with Gasteiger partial charge in [-0.25, -0.2) is 14.6 Å². The largest absolute Gasteiger partial charge is 0.495 e. The lowest BCUT2D eigenvalue weighted by atomic mass is 10.1. The number of methoxy groups -OCH3 is 1. The molecule has 39 heavy (non-hydrogen) atoms. The van der Waals surface area contributed by atoms with Crippen LogP contribution in [-0.4, -0.2) is 71.4 Å². The average molecular weight is 545 g/mol. The fraction of sp³-hybridized carbons (Fsp3) is 0.269. The summed E-state index contributed by atoms with van der Waals surface area (Å²) in [4.78, 5) is 28.0. The molecule has 0 fully saturated rings. The summed E-state index contributed by atoms with van der Waals surface area (Å²) in [5.41, 5.74) is 1.99. The first kappa shape index (κ1) is 24.7. The predicted molar refractivity (Wildman–Crippen MR) is 148 cm³/mol. The van der Waals surface area contributed by atoms with Gasteiger partial charge in [-0.2, -0.15) is 5.10 Å². The standard InChI is InChI=1S/C26H25ClN10O2/c1-4-37-24-18(12-32-37)22-17(11-30-24)25(35-13-20(31-14-35)26(38)36-8-7-28-15(36)2)34-33-23(22)29-10-16-5-6-21(39-3)19(27)9-16/h5-6,9,11-14H,4,7-8,10H2,1-3H3,(H,29,33). The molecule has 0 spiro atoms. The zero-order valence-electron chi connectivity index (χ0n) is 21.6. The number of imidazole rings is 1. The molecule has 0 unspecified atom stereocenters. The van der Waals surface area contributed by atoms with Gasteiger partial charge < -0.3 is 10.1 Å². The maximum Gasteiger partial charge on any atom is 0.279 e. The zero-order chi connectivity index (χ0) is 27.1. The number of fused-ring (bicyclic) bond motifs is 3. The summed E-state index contributed by atoms with van der Waals surface area (Å²) in [7, 11) is 1.58. The van der Waals surface area contributed by atoms with Gasteiger partial charge in [-0.05, 0) is 31.5 Å². The van der Waals surface area contributed by atoms with E-state index in [9.17, 15) is 4.79 Å². The molecule has 0 saturated carbocycles. The first-order valence-corrected chi connectivity index (χ1v) is 12.8. The number of nitrogens with one attached hydrogen (secondary N) is 1. The van der Waals surface area contributed by atoms with Crippen molar-refractivity contribution in [2.45, 2.75) is 26.9 Å². The lowest BCUT2D eigenvalue weighted by molar-refractivity contribution is 0.0852. The topological polar surface area (TPSA) is 128 Å². The molecule has 4 aromatic heterocycles. The van der Waals surface area contributed by atoms with Crippen LogP contribution in [0, 0.1) is 0 Å². The molecule has 12 nitrogen and oxygen atoms in total. The van der Waals surface area contributed by atoms with Crippen LogP contribution >= 0.6 is 11.6 Å². The van der Waals surface area contributed by atoms with E-state index in [4.69, 9.17) is 16.3 Å². The van der Waals surface area contributed by atoms with E-state index in [0.29, 0.717) is 60.1 Å². The number of hydrogen-bond donors (Lipinski definition) is 1. The van der Waals surface area contributed by atoms with Gasteiger partial charge in [0.05, 0.1) is 30.3 Å². The van der Waals surface area contributed by atoms with E-state index in [2.05, 4.69) is 35.6 Å². The summed E-state index contributed by atoms with van der Waals surface area (Å²) >= 11 is 6.32. The number of nitrogens with zero attached hydrogens (tertiary/aromatic N) is 9. The highest BCUT2D eigenvalue weighted by Crippen LogP contribution is 2.32. The number of hydrogen-bond acceptors (Lipinski definition) is 9. The van der Waals surface area contributed by atoms with Crippen molar-refractivity contribution in [1.82, 2.24) is 39.4 Å². The molecule has 13 heteroatoms. The summed E-state index contributed by atoms with van der Waals surface area (Å²) in [6.07, 6.45) is 6.76. The van der Waals surface area contributed by atoms with E-state index in [1.54, 1.807) is 41.5 Å². The second-order valence-electron chi connectivity index (χ2n) is 8.99. The summed E-state index contributed by atoms with van der Waals surface area (Å²) in [6.45, 7) is 6.10. The number of pyridine rings is 1. The summed E-state index contributed by atoms with van der Waals surface area (Å²) < 4.78 is 8.78. The van der Waals surface area contributed by atoms with Gasteiger partial charge in [0.25, 0.3) is 5.91 Å². The first-order valence-electron chi connectivity index (χ1n) is 12.4. The smallest absolute Gasteiger partial charge is 0.279 e. The monoisotopic (exact) mass is 544 g/mol. The molecular formula is C26H25ClN10O2. The number of halogens is 1. The number of amides is 1. The molecule has 5 heterocycles. The maximum atomic E-state index is 13.0. The van der Waals surface area contributed by atoms with Crippen LogP contribution in [0.4, 0.5) is 5.82 Å². The van der Waals surface area contributed by atoms with E-state index in [0.717, 1.165) is 27.4 Å². The van der Waals surface area contributed by atoms with Crippen LogP contribution in [0.2, 0.25) is 5.02 Å². The van der Waals surface area contributed by atoms with Crippen LogP contribution in [0.1, 0.15) is 29.9 Å². The van der Waals surface area contributed by atoms with E-state index in [1.165, 1.54) is 0 Å². The van der Waals surface area contributed by atoms with Crippen LogP contribution in [-0.2, 0) is 13.1 Å². The number of rotatable bonds is 7. The Labute approximate surface area is 228 Å². The number of amidine groups is 1. The molecule has 1 amide bonds. The molecule has 1 aliphatic rings. The van der Waals surface area contributed by atoms with Gasteiger partial charge >= 0.3 is 0 Å². The summed E-state index contributed by atoms with van der Waals surface area (Å²) in [6, 6.07) is 5.61. The Kier molecular flexibility index (Phi) is 6.31. The number of carbonyl (C=O) groups excluding carboxylic acids is 1. The quantitative estimate of drug-likeness (QED) is 0.328. The van der Waals surface area contributed by atoms with E-state index >= 15 is 0 Å². The van der Waals surface area contributed by atoms with Crippen LogP contribution in [0.5, 0.6) is 5.75 Å². The number of carbonyl (C=O) groups is 1. The van der Waals surface area contributed by atoms with Crippen molar-refractivity contribution >= 4 is 51.0 Å². The fourth-order valence-electron chi connectivity index (χ4n) is 4.70. The molecule has 0 aliphatic carbocycles. The van der Waals surface area contributed by atoms with E-state index < -0.39 is 0 Å². The van der Waals surface area contributed by atoms with Gasteiger partial charge in [-0.15, -0.1) is 10.2 Å². The molecule has 1 aromatic carbocycles. The average Bonchev–Trinajstić information content (AvgIpc) is 3.71. The highest BCUT2D eigenvalue weighted by atomic mass is 35.5. The minimum absolute atomic E-state index is 0.203. The van der Waals surface area contributed by atoms with Crippen LogP contribution < -0.4 is 10.1 Å². The number of benzene rings is 1. The van der Waals surface area contributed by atoms with Crippen molar-refractivity contribution in [3.63, 3.8) is 0 Å². The molecular weight excluding hydrogens is 520 g/mol. The fourth-order valence-corrected chi connectivity index (χ4v) is 4.98. The Morgan fingerprint density at radius 2 is 2.05 bits per heavy atom. The predicted octanol–water partition coefficient (Wildman–Crippen LogP) is 3.73. The van der Waals surface area contributed by atoms with Gasteiger partial charge in [0.2, 0.25) is 0 Å². The number of aliphatic imine (C=N–C) groups is 1. The number of anilines is 1. The second-order valence-corrected chi connectivity index (χ2v) is 9.40. The normalized spacial score (nSPS) is 13.3. The maximum absolute atomic E-state index is 13.0. The Morgan fingerprint density at radius 3 is 2.79 bits per heavy atom. The zero-order valence-corrected chi connectivity index (χ0v) is 22.3. The number of aryl methyl sites for hydroxylation is 1. The van der Waals surface area contributed by atoms with Crippen molar-refractivity contribution in [2.75, 3.05) is 25.5 Å². The third kappa shape index (κ3) is 4.32.